The zero-order valence-electron chi connectivity index (χ0n) is 11.2. The van der Waals surface area contributed by atoms with Gasteiger partial charge in [-0.15, -0.1) is 11.3 Å². The molecule has 0 bridgehead atoms. The van der Waals surface area contributed by atoms with Crippen LogP contribution in [0.4, 0.5) is 0 Å². The van der Waals surface area contributed by atoms with Crippen LogP contribution in [0.1, 0.15) is 46.6 Å². The Kier molecular flexibility index (Phi) is 4.35. The van der Waals surface area contributed by atoms with Crippen molar-refractivity contribution in [2.75, 3.05) is 19.8 Å². The van der Waals surface area contributed by atoms with Crippen LogP contribution in [0.5, 0.6) is 0 Å². The average Bonchev–Trinajstić information content (AvgIpc) is 2.94. The summed E-state index contributed by atoms with van der Waals surface area (Å²) in [5, 5.41) is 4.01. The minimum Gasteiger partial charge on any atom is -0.381 e. The van der Waals surface area contributed by atoms with Gasteiger partial charge in [0, 0.05) is 25.0 Å². The van der Waals surface area contributed by atoms with E-state index in [0.717, 1.165) is 35.2 Å². The van der Waals surface area contributed by atoms with Crippen LogP contribution < -0.4 is 5.32 Å². The first-order valence-corrected chi connectivity index (χ1v) is 7.23. The van der Waals surface area contributed by atoms with Gasteiger partial charge in [-0.2, -0.15) is 0 Å². The summed E-state index contributed by atoms with van der Waals surface area (Å²) in [5.74, 6) is 0.842. The fourth-order valence-electron chi connectivity index (χ4n) is 1.94. The molecule has 1 saturated heterocycles. The third-order valence-electron chi connectivity index (χ3n) is 3.09. The highest BCUT2D eigenvalue weighted by atomic mass is 32.1. The Hall–Kier alpha value is -0.940. The lowest BCUT2D eigenvalue weighted by atomic mass is 10.1. The first-order chi connectivity index (χ1) is 8.58. The summed E-state index contributed by atoms with van der Waals surface area (Å²) in [4.78, 5) is 17.3. The second-order valence-electron chi connectivity index (χ2n) is 5.06. The first kappa shape index (κ1) is 13.5. The number of carbonyl (C=O) groups excluding carboxylic acids is 1. The van der Waals surface area contributed by atoms with E-state index in [1.54, 1.807) is 0 Å². The number of nitrogens with one attached hydrogen (secondary N) is 1. The fourth-order valence-corrected chi connectivity index (χ4v) is 2.92. The summed E-state index contributed by atoms with van der Waals surface area (Å²) in [7, 11) is 0. The van der Waals surface area contributed by atoms with E-state index in [2.05, 4.69) is 24.1 Å². The Morgan fingerprint density at radius 1 is 1.61 bits per heavy atom. The van der Waals surface area contributed by atoms with E-state index >= 15 is 0 Å². The number of aryl methyl sites for hydroxylation is 1. The van der Waals surface area contributed by atoms with E-state index in [1.165, 1.54) is 11.3 Å². The van der Waals surface area contributed by atoms with Crippen molar-refractivity contribution in [2.24, 2.45) is 5.92 Å². The van der Waals surface area contributed by atoms with E-state index < -0.39 is 0 Å². The van der Waals surface area contributed by atoms with Crippen LogP contribution in [0.15, 0.2) is 0 Å². The monoisotopic (exact) mass is 268 g/mol. The molecule has 5 heteroatoms. The van der Waals surface area contributed by atoms with Gasteiger partial charge in [0.15, 0.2) is 0 Å². The number of nitrogens with zero attached hydrogens (tertiary/aromatic N) is 1. The number of carbonyl (C=O) groups is 1. The second-order valence-corrected chi connectivity index (χ2v) is 6.09. The third-order valence-corrected chi connectivity index (χ3v) is 4.55. The Bertz CT molecular complexity index is 423. The van der Waals surface area contributed by atoms with Crippen molar-refractivity contribution in [2.45, 2.75) is 33.1 Å². The molecule has 1 aromatic heterocycles. The molecule has 0 aliphatic carbocycles. The van der Waals surface area contributed by atoms with Gasteiger partial charge in [0.25, 0.3) is 5.91 Å². The molecule has 1 aliphatic heterocycles. The summed E-state index contributed by atoms with van der Waals surface area (Å²) in [6.45, 7) is 8.37. The average molecular weight is 268 g/mol. The molecule has 0 aromatic carbocycles. The highest BCUT2D eigenvalue weighted by molar-refractivity contribution is 7.13. The lowest BCUT2D eigenvalue weighted by Gasteiger charge is -2.08. The summed E-state index contributed by atoms with van der Waals surface area (Å²) in [6, 6.07) is 0. The maximum Gasteiger partial charge on any atom is 0.263 e. The van der Waals surface area contributed by atoms with E-state index in [4.69, 9.17) is 4.74 Å². The standard InChI is InChI=1S/C13H20N2O2S/c1-8(2)13-15-9(3)11(18-13)12(16)14-6-10-4-5-17-7-10/h8,10H,4-7H2,1-3H3,(H,14,16)/t10-/m0/s1. The van der Waals surface area contributed by atoms with E-state index in [1.807, 2.05) is 6.92 Å². The van der Waals surface area contributed by atoms with Crippen molar-refractivity contribution in [3.05, 3.63) is 15.6 Å². The van der Waals surface area contributed by atoms with Gasteiger partial charge in [-0.05, 0) is 13.3 Å². The molecule has 1 atom stereocenters. The molecule has 100 valence electrons. The molecule has 2 rings (SSSR count). The van der Waals surface area contributed by atoms with Crippen molar-refractivity contribution < 1.29 is 9.53 Å². The summed E-state index contributed by atoms with van der Waals surface area (Å²) < 4.78 is 5.29. The summed E-state index contributed by atoms with van der Waals surface area (Å²) in [5.41, 5.74) is 0.837. The summed E-state index contributed by atoms with van der Waals surface area (Å²) >= 11 is 1.50. The Morgan fingerprint density at radius 3 is 2.94 bits per heavy atom. The SMILES string of the molecule is Cc1nc(C(C)C)sc1C(=O)NC[C@@H]1CCOC1. The highest BCUT2D eigenvalue weighted by Crippen LogP contribution is 2.24. The van der Waals surface area contributed by atoms with E-state index in [9.17, 15) is 4.79 Å². The third kappa shape index (κ3) is 3.09. The van der Waals surface area contributed by atoms with Gasteiger partial charge in [-0.3, -0.25) is 4.79 Å². The minimum atomic E-state index is 0.00352. The predicted octanol–water partition coefficient (Wildman–Crippen LogP) is 2.34. The Morgan fingerprint density at radius 2 is 2.39 bits per heavy atom. The molecule has 1 N–H and O–H groups in total. The van der Waals surface area contributed by atoms with Crippen LogP contribution in [0.2, 0.25) is 0 Å². The number of aromatic nitrogens is 1. The van der Waals surface area contributed by atoms with Gasteiger partial charge >= 0.3 is 0 Å². The van der Waals surface area contributed by atoms with E-state index in [-0.39, 0.29) is 5.91 Å². The number of amides is 1. The molecule has 18 heavy (non-hydrogen) atoms. The molecule has 0 radical (unpaired) electrons. The van der Waals surface area contributed by atoms with Crippen LogP contribution in [0, 0.1) is 12.8 Å². The molecule has 0 spiro atoms. The fraction of sp³-hybridized carbons (Fsp3) is 0.692. The predicted molar refractivity (Wildman–Crippen MR) is 72.2 cm³/mol. The number of hydrogen-bond acceptors (Lipinski definition) is 4. The van der Waals surface area contributed by atoms with Crippen molar-refractivity contribution in [1.82, 2.24) is 10.3 Å². The minimum absolute atomic E-state index is 0.00352. The van der Waals surface area contributed by atoms with Crippen molar-refractivity contribution in [3.8, 4) is 0 Å². The van der Waals surface area contributed by atoms with Crippen molar-refractivity contribution in [3.63, 3.8) is 0 Å². The topological polar surface area (TPSA) is 51.2 Å². The molecular formula is C13H20N2O2S. The molecule has 1 aromatic rings. The summed E-state index contributed by atoms with van der Waals surface area (Å²) in [6.07, 6.45) is 1.04. The lowest BCUT2D eigenvalue weighted by molar-refractivity contribution is 0.0948. The maximum absolute atomic E-state index is 12.1. The van der Waals surface area contributed by atoms with Crippen molar-refractivity contribution in [1.29, 1.82) is 0 Å². The molecule has 1 fully saturated rings. The molecule has 0 unspecified atom stereocenters. The quantitative estimate of drug-likeness (QED) is 0.912. The van der Waals surface area contributed by atoms with Crippen LogP contribution >= 0.6 is 11.3 Å². The molecular weight excluding hydrogens is 248 g/mol. The van der Waals surface area contributed by atoms with Gasteiger partial charge < -0.3 is 10.1 Å². The largest absolute Gasteiger partial charge is 0.381 e. The van der Waals surface area contributed by atoms with Crippen LogP contribution in [-0.2, 0) is 4.74 Å². The molecule has 0 saturated carbocycles. The smallest absolute Gasteiger partial charge is 0.263 e. The Labute approximate surface area is 112 Å². The van der Waals surface area contributed by atoms with Crippen LogP contribution in [-0.4, -0.2) is 30.6 Å². The van der Waals surface area contributed by atoms with Gasteiger partial charge in [-0.25, -0.2) is 4.98 Å². The molecule has 1 amide bonds. The number of ether oxygens (including phenoxy) is 1. The number of thiazole rings is 1. The highest BCUT2D eigenvalue weighted by Gasteiger charge is 2.20. The van der Waals surface area contributed by atoms with Crippen LogP contribution in [0.3, 0.4) is 0 Å². The maximum atomic E-state index is 12.1. The number of hydrogen-bond donors (Lipinski definition) is 1. The Balaban J connectivity index is 1.95. The number of rotatable bonds is 4. The van der Waals surface area contributed by atoms with Crippen LogP contribution in [0.25, 0.3) is 0 Å². The zero-order chi connectivity index (χ0) is 13.1. The van der Waals surface area contributed by atoms with Gasteiger partial charge in [0.1, 0.15) is 4.88 Å². The molecule has 4 nitrogen and oxygen atoms in total. The van der Waals surface area contributed by atoms with Crippen molar-refractivity contribution >= 4 is 17.2 Å². The first-order valence-electron chi connectivity index (χ1n) is 6.41. The van der Waals surface area contributed by atoms with Gasteiger partial charge in [0.2, 0.25) is 0 Å². The molecule has 2 heterocycles. The van der Waals surface area contributed by atoms with E-state index in [0.29, 0.717) is 18.4 Å². The molecule has 1 aliphatic rings. The normalized spacial score (nSPS) is 19.4. The van der Waals surface area contributed by atoms with Gasteiger partial charge in [0.05, 0.1) is 17.3 Å². The zero-order valence-corrected chi connectivity index (χ0v) is 12.0. The second kappa shape index (κ2) is 5.80. The van der Waals surface area contributed by atoms with Gasteiger partial charge in [-0.1, -0.05) is 13.8 Å². The lowest BCUT2D eigenvalue weighted by Crippen LogP contribution is -2.29.